The molecule has 0 fully saturated rings. The van der Waals surface area contributed by atoms with Gasteiger partial charge in [0.05, 0.1) is 30.0 Å². The molecular formula is C20H24N4O5S. The second-order valence-electron chi connectivity index (χ2n) is 6.80. The number of ether oxygens (including phenoxy) is 2. The summed E-state index contributed by atoms with van der Waals surface area (Å²) in [5.74, 6) is 0.145. The third-order valence-corrected chi connectivity index (χ3v) is 5.81. The molecule has 10 heteroatoms. The van der Waals surface area contributed by atoms with E-state index in [0.29, 0.717) is 51.8 Å². The third-order valence-electron chi connectivity index (χ3n) is 4.61. The van der Waals surface area contributed by atoms with Gasteiger partial charge in [0.15, 0.2) is 5.75 Å². The topological polar surface area (TPSA) is 129 Å². The largest absolute Gasteiger partial charge is 0.488 e. The SMILES string of the molecule is CCCOc1c[nH]c(Cn2c(CCOC)nc3sc(C(N)=O)c(C)c3c2=O)cc1=O. The second kappa shape index (κ2) is 9.23. The van der Waals surface area contributed by atoms with Crippen LogP contribution in [0.3, 0.4) is 0 Å². The van der Waals surface area contributed by atoms with Crippen LogP contribution in [0.5, 0.6) is 5.75 Å². The number of aromatic amines is 1. The summed E-state index contributed by atoms with van der Waals surface area (Å²) in [6.07, 6.45) is 2.69. The van der Waals surface area contributed by atoms with Crippen molar-refractivity contribution in [3.8, 4) is 5.75 Å². The van der Waals surface area contributed by atoms with Gasteiger partial charge >= 0.3 is 0 Å². The van der Waals surface area contributed by atoms with E-state index in [2.05, 4.69) is 9.97 Å². The summed E-state index contributed by atoms with van der Waals surface area (Å²) < 4.78 is 12.0. The molecule has 0 aliphatic heterocycles. The third kappa shape index (κ3) is 4.29. The van der Waals surface area contributed by atoms with Gasteiger partial charge in [-0.2, -0.15) is 0 Å². The van der Waals surface area contributed by atoms with Gasteiger partial charge < -0.3 is 20.2 Å². The molecule has 30 heavy (non-hydrogen) atoms. The van der Waals surface area contributed by atoms with Crippen molar-refractivity contribution in [1.29, 1.82) is 0 Å². The molecule has 0 aliphatic carbocycles. The van der Waals surface area contributed by atoms with Crippen molar-refractivity contribution in [2.75, 3.05) is 20.3 Å². The van der Waals surface area contributed by atoms with Crippen molar-refractivity contribution >= 4 is 27.5 Å². The van der Waals surface area contributed by atoms with E-state index in [1.807, 2.05) is 6.92 Å². The lowest BCUT2D eigenvalue weighted by atomic mass is 10.2. The summed E-state index contributed by atoms with van der Waals surface area (Å²) in [6.45, 7) is 4.57. The van der Waals surface area contributed by atoms with Crippen LogP contribution in [0.4, 0.5) is 0 Å². The maximum atomic E-state index is 13.3. The Morgan fingerprint density at radius 1 is 1.33 bits per heavy atom. The van der Waals surface area contributed by atoms with Crippen LogP contribution >= 0.6 is 11.3 Å². The van der Waals surface area contributed by atoms with Gasteiger partial charge in [-0.1, -0.05) is 6.92 Å². The van der Waals surface area contributed by atoms with Crippen molar-refractivity contribution < 1.29 is 14.3 Å². The molecule has 0 bridgehead atoms. The number of rotatable bonds is 9. The first-order valence-electron chi connectivity index (χ1n) is 9.53. The maximum absolute atomic E-state index is 13.3. The second-order valence-corrected chi connectivity index (χ2v) is 7.80. The molecule has 1 amide bonds. The Balaban J connectivity index is 2.09. The van der Waals surface area contributed by atoms with E-state index in [1.54, 1.807) is 14.0 Å². The van der Waals surface area contributed by atoms with Crippen LogP contribution in [0.1, 0.15) is 40.1 Å². The molecule has 0 saturated carbocycles. The van der Waals surface area contributed by atoms with E-state index in [9.17, 15) is 14.4 Å². The van der Waals surface area contributed by atoms with E-state index in [1.165, 1.54) is 16.8 Å². The molecule has 0 spiro atoms. The van der Waals surface area contributed by atoms with Gasteiger partial charge in [0.2, 0.25) is 5.43 Å². The quantitative estimate of drug-likeness (QED) is 0.528. The molecule has 160 valence electrons. The number of carbonyl (C=O) groups excluding carboxylic acids is 1. The zero-order chi connectivity index (χ0) is 21.8. The Labute approximate surface area is 176 Å². The van der Waals surface area contributed by atoms with Gasteiger partial charge in [-0.3, -0.25) is 19.0 Å². The number of aryl methyl sites for hydroxylation is 1. The number of hydrogen-bond donors (Lipinski definition) is 2. The highest BCUT2D eigenvalue weighted by atomic mass is 32.1. The number of hydrogen-bond acceptors (Lipinski definition) is 7. The zero-order valence-electron chi connectivity index (χ0n) is 17.1. The summed E-state index contributed by atoms with van der Waals surface area (Å²) in [6, 6.07) is 1.41. The average Bonchev–Trinajstić information content (AvgIpc) is 3.05. The Morgan fingerprint density at radius 2 is 2.10 bits per heavy atom. The highest BCUT2D eigenvalue weighted by Crippen LogP contribution is 2.27. The molecule has 3 aromatic rings. The number of nitrogens with two attached hydrogens (primary N) is 1. The van der Waals surface area contributed by atoms with Crippen LogP contribution in [0.25, 0.3) is 10.2 Å². The number of aromatic nitrogens is 3. The van der Waals surface area contributed by atoms with Crippen LogP contribution in [0, 0.1) is 6.92 Å². The van der Waals surface area contributed by atoms with Gasteiger partial charge in [-0.05, 0) is 18.9 Å². The van der Waals surface area contributed by atoms with E-state index in [4.69, 9.17) is 15.2 Å². The molecule has 0 saturated heterocycles. The predicted octanol–water partition coefficient (Wildman–Crippen LogP) is 1.58. The molecule has 0 aliphatic rings. The van der Waals surface area contributed by atoms with Crippen LogP contribution < -0.4 is 21.5 Å². The van der Waals surface area contributed by atoms with Crippen molar-refractivity contribution in [1.82, 2.24) is 14.5 Å². The number of pyridine rings is 1. The minimum absolute atomic E-state index is 0.116. The maximum Gasteiger partial charge on any atom is 0.262 e. The highest BCUT2D eigenvalue weighted by molar-refractivity contribution is 7.20. The average molecular weight is 433 g/mol. The van der Waals surface area contributed by atoms with Gasteiger partial charge in [-0.15, -0.1) is 11.3 Å². The molecule has 0 radical (unpaired) electrons. The van der Waals surface area contributed by atoms with Crippen molar-refractivity contribution in [2.45, 2.75) is 33.2 Å². The minimum Gasteiger partial charge on any atom is -0.488 e. The lowest BCUT2D eigenvalue weighted by Crippen LogP contribution is -2.27. The van der Waals surface area contributed by atoms with Crippen LogP contribution in [0.15, 0.2) is 21.9 Å². The van der Waals surface area contributed by atoms with E-state index in [0.717, 1.165) is 17.8 Å². The lowest BCUT2D eigenvalue weighted by Gasteiger charge is -2.13. The predicted molar refractivity (Wildman–Crippen MR) is 115 cm³/mol. The zero-order valence-corrected chi connectivity index (χ0v) is 17.9. The Bertz CT molecular complexity index is 1190. The summed E-state index contributed by atoms with van der Waals surface area (Å²) in [5, 5.41) is 0.361. The number of nitrogens with zero attached hydrogens (tertiary/aromatic N) is 2. The van der Waals surface area contributed by atoms with Gasteiger partial charge in [0.1, 0.15) is 10.7 Å². The van der Waals surface area contributed by atoms with Crippen LogP contribution in [-0.4, -0.2) is 40.8 Å². The molecule has 3 N–H and O–H groups in total. The Morgan fingerprint density at radius 3 is 2.73 bits per heavy atom. The molecule has 3 heterocycles. The first kappa shape index (κ1) is 21.7. The normalized spacial score (nSPS) is 11.2. The van der Waals surface area contributed by atoms with Gasteiger partial charge in [0.25, 0.3) is 11.5 Å². The number of nitrogens with one attached hydrogen (secondary N) is 1. The number of fused-ring (bicyclic) bond motifs is 1. The molecule has 3 aromatic heterocycles. The van der Waals surface area contributed by atoms with Crippen LogP contribution in [-0.2, 0) is 17.7 Å². The molecular weight excluding hydrogens is 408 g/mol. The number of amides is 1. The van der Waals surface area contributed by atoms with Gasteiger partial charge in [-0.25, -0.2) is 4.98 Å². The van der Waals surface area contributed by atoms with Crippen LogP contribution in [0.2, 0.25) is 0 Å². The van der Waals surface area contributed by atoms with Gasteiger partial charge in [0, 0.05) is 31.5 Å². The standard InChI is InChI=1S/C20H24N4O5S/c1-4-6-29-14-9-22-12(8-13(14)25)10-24-15(5-7-28-3)23-19-16(20(24)27)11(2)17(30-19)18(21)26/h8-9H,4-7,10H2,1-3H3,(H2,21,26)(H,22,25). The first-order chi connectivity index (χ1) is 14.4. The summed E-state index contributed by atoms with van der Waals surface area (Å²) in [7, 11) is 1.56. The van der Waals surface area contributed by atoms with E-state index in [-0.39, 0.29) is 23.3 Å². The number of methoxy groups -OCH3 is 1. The number of primary amides is 1. The molecule has 0 aromatic carbocycles. The smallest absolute Gasteiger partial charge is 0.262 e. The van der Waals surface area contributed by atoms with E-state index < -0.39 is 5.91 Å². The number of H-pyrrole nitrogens is 1. The summed E-state index contributed by atoms with van der Waals surface area (Å²) in [5.41, 5.74) is 5.93. The fraction of sp³-hybridized carbons (Fsp3) is 0.400. The fourth-order valence-electron chi connectivity index (χ4n) is 3.13. The molecule has 3 rings (SSSR count). The molecule has 9 nitrogen and oxygen atoms in total. The first-order valence-corrected chi connectivity index (χ1v) is 10.3. The minimum atomic E-state index is -0.591. The number of thiophene rings is 1. The number of carbonyl (C=O) groups is 1. The molecule has 0 unspecified atom stereocenters. The Hall–Kier alpha value is -2.98. The summed E-state index contributed by atoms with van der Waals surface area (Å²) >= 11 is 1.11. The molecule has 0 atom stereocenters. The van der Waals surface area contributed by atoms with E-state index >= 15 is 0 Å². The van der Waals surface area contributed by atoms with Crippen molar-refractivity contribution in [3.63, 3.8) is 0 Å². The monoisotopic (exact) mass is 432 g/mol. The lowest BCUT2D eigenvalue weighted by molar-refractivity contribution is 0.100. The fourth-order valence-corrected chi connectivity index (χ4v) is 4.17. The highest BCUT2D eigenvalue weighted by Gasteiger charge is 2.20. The Kier molecular flexibility index (Phi) is 6.68. The summed E-state index contributed by atoms with van der Waals surface area (Å²) in [4.78, 5) is 45.7. The van der Waals surface area contributed by atoms with Crippen molar-refractivity contribution in [3.05, 3.63) is 54.8 Å². The van der Waals surface area contributed by atoms with Crippen molar-refractivity contribution in [2.24, 2.45) is 5.73 Å².